The Bertz CT molecular complexity index is 380. The van der Waals surface area contributed by atoms with E-state index in [1.54, 1.807) is 0 Å². The van der Waals surface area contributed by atoms with E-state index in [0.717, 1.165) is 0 Å². The van der Waals surface area contributed by atoms with Crippen LogP contribution in [0.15, 0.2) is 12.0 Å². The van der Waals surface area contributed by atoms with Crippen LogP contribution in [0.25, 0.3) is 0 Å². The molecule has 0 bridgehead atoms. The number of hydrogen-bond acceptors (Lipinski definition) is 3. The van der Waals surface area contributed by atoms with Crippen LogP contribution in [0, 0.1) is 10.1 Å². The van der Waals surface area contributed by atoms with Crippen molar-refractivity contribution in [3.05, 3.63) is 32.6 Å². The number of halogens is 1. The summed E-state index contributed by atoms with van der Waals surface area (Å²) in [6.07, 6.45) is 0. The Labute approximate surface area is 79.9 Å². The number of hydrogen-bond donors (Lipinski definition) is 0. The molecule has 13 heavy (non-hydrogen) atoms. The van der Waals surface area contributed by atoms with Gasteiger partial charge in [0.25, 0.3) is 0 Å². The Hall–Kier alpha value is -1.23. The second kappa shape index (κ2) is 3.66. The zero-order chi connectivity index (χ0) is 10.0. The Balaban J connectivity index is 3.27. The molecule has 0 radical (unpaired) electrons. The quantitative estimate of drug-likeness (QED) is 0.412. The maximum absolute atomic E-state index is 10.9. The van der Waals surface area contributed by atoms with Gasteiger partial charge in [0.05, 0.1) is 0 Å². The van der Waals surface area contributed by atoms with Crippen molar-refractivity contribution >= 4 is 30.0 Å². The number of rotatable bonds is 2. The van der Waals surface area contributed by atoms with Crippen LogP contribution in [0.2, 0.25) is 4.92 Å². The van der Waals surface area contributed by atoms with Crippen LogP contribution in [0.1, 0.15) is 17.3 Å². The van der Waals surface area contributed by atoms with Crippen molar-refractivity contribution in [1.82, 2.24) is 0 Å². The maximum atomic E-state index is 10.9. The Morgan fingerprint density at radius 1 is 1.69 bits per heavy atom. The average Bonchev–Trinajstić information content (AvgIpc) is 2.04. The Kier molecular flexibility index (Phi) is 2.77. The third-order valence-electron chi connectivity index (χ3n) is 1.55. The summed E-state index contributed by atoms with van der Waals surface area (Å²) in [6.45, 7) is 2.68. The molecule has 0 spiro atoms. The van der Waals surface area contributed by atoms with Gasteiger partial charge in [0, 0.05) is 0 Å². The van der Waals surface area contributed by atoms with Crippen molar-refractivity contribution in [3.63, 3.8) is 0 Å². The first-order valence-electron chi connectivity index (χ1n) is 3.47. The second-order valence-electron chi connectivity index (χ2n) is 2.48. The predicted molar refractivity (Wildman–Crippen MR) is 49.5 cm³/mol. The van der Waals surface area contributed by atoms with E-state index >= 15 is 0 Å². The van der Waals surface area contributed by atoms with Crippen LogP contribution in [0.4, 0.5) is 5.69 Å². The molecule has 1 aromatic rings. The van der Waals surface area contributed by atoms with Gasteiger partial charge in [-0.3, -0.25) is 0 Å². The van der Waals surface area contributed by atoms with Crippen molar-refractivity contribution in [1.29, 1.82) is 0 Å². The number of ketones is 1. The average molecular weight is 197 g/mol. The summed E-state index contributed by atoms with van der Waals surface area (Å²) in [6, 6.07) is 1.17. The van der Waals surface area contributed by atoms with Crippen LogP contribution in [-0.2, 0) is 0 Å². The number of carbonyl (C=O) groups excluding carboxylic acids is 1. The minimum atomic E-state index is -0.616. The van der Waals surface area contributed by atoms with Crippen molar-refractivity contribution in [3.8, 4) is 0 Å². The molecule has 0 aromatic carbocycles. The van der Waals surface area contributed by atoms with Crippen molar-refractivity contribution in [2.45, 2.75) is 6.92 Å². The fraction of sp³-hybridized carbons (Fsp3) is 0.143. The molecule has 4 nitrogen and oxygen atoms in total. The molecule has 0 N–H and O–H groups in total. The van der Waals surface area contributed by atoms with Gasteiger partial charge in [-0.15, -0.1) is 0 Å². The summed E-state index contributed by atoms with van der Waals surface area (Å²) in [5.74, 6) is 1.23. The molecule has 0 amide bonds. The van der Waals surface area contributed by atoms with Crippen LogP contribution in [-0.4, -0.2) is 17.6 Å². The molecule has 0 atom stereocenters. The minimum absolute atomic E-state index is 0.0370. The summed E-state index contributed by atoms with van der Waals surface area (Å²) >= 11 is 5.54. The fourth-order valence-electron chi connectivity index (χ4n) is 0.872. The number of nitro groups is 1. The van der Waals surface area contributed by atoms with Gasteiger partial charge in [0.1, 0.15) is 0 Å². The summed E-state index contributed by atoms with van der Waals surface area (Å²) in [5, 5.41) is 10.4. The SMILES string of the molecule is CC(=O)c1cbc(Cl)c([N+](=O)[O-])c1. The molecule has 0 saturated carbocycles. The summed E-state index contributed by atoms with van der Waals surface area (Å²) in [4.78, 5) is 20.7. The molecule has 6 heteroatoms. The van der Waals surface area contributed by atoms with Gasteiger partial charge in [-0.05, 0) is 0 Å². The van der Waals surface area contributed by atoms with Crippen molar-refractivity contribution in [2.75, 3.05) is 0 Å². The van der Waals surface area contributed by atoms with Gasteiger partial charge in [0.2, 0.25) is 0 Å². The number of Topliss-reactive ketones (excluding diaryl/α,β-unsaturated/α-hetero) is 1. The third-order valence-corrected chi connectivity index (χ3v) is 1.87. The molecule has 1 aromatic heterocycles. The topological polar surface area (TPSA) is 60.2 Å². The van der Waals surface area contributed by atoms with E-state index < -0.39 is 4.92 Å². The molecule has 0 fully saturated rings. The fourth-order valence-corrected chi connectivity index (χ4v) is 1.06. The van der Waals surface area contributed by atoms with Gasteiger partial charge >= 0.3 is 79.2 Å². The molecule has 0 aliphatic rings. The van der Waals surface area contributed by atoms with Crippen LogP contribution in [0.5, 0.6) is 0 Å². The van der Waals surface area contributed by atoms with Gasteiger partial charge in [0.15, 0.2) is 0 Å². The van der Waals surface area contributed by atoms with E-state index in [4.69, 9.17) is 11.6 Å². The van der Waals surface area contributed by atoms with Gasteiger partial charge in [-0.1, -0.05) is 0 Å². The molecule has 0 aliphatic carbocycles. The summed E-state index contributed by atoms with van der Waals surface area (Å²) < 4.78 is 0. The molecule has 66 valence electrons. The van der Waals surface area contributed by atoms with E-state index in [1.807, 2.05) is 0 Å². The van der Waals surface area contributed by atoms with E-state index in [0.29, 0.717) is 0 Å². The predicted octanol–water partition coefficient (Wildman–Crippen LogP) is 1.79. The molecule has 0 unspecified atom stereocenters. The Morgan fingerprint density at radius 3 is 2.77 bits per heavy atom. The zero-order valence-corrected chi connectivity index (χ0v) is 7.54. The third kappa shape index (κ3) is 2.12. The standard InChI is InChI=1S/C7H5BClNO3/c1-4(11)5-2-6(10(12)13)7(9)8-3-5/h2-3H,1H3. The van der Waals surface area contributed by atoms with Gasteiger partial charge in [-0.25, -0.2) is 0 Å². The zero-order valence-electron chi connectivity index (χ0n) is 6.78. The van der Waals surface area contributed by atoms with E-state index in [1.165, 1.54) is 25.9 Å². The molecular formula is C7H5BClNO3. The normalized spacial score (nSPS) is 9.38. The monoisotopic (exact) mass is 197 g/mol. The van der Waals surface area contributed by atoms with Gasteiger partial charge in [-0.2, -0.15) is 0 Å². The van der Waals surface area contributed by atoms with Crippen molar-refractivity contribution in [2.24, 2.45) is 0 Å². The molecule has 0 saturated heterocycles. The van der Waals surface area contributed by atoms with Crippen LogP contribution >= 0.6 is 11.6 Å². The van der Waals surface area contributed by atoms with E-state index in [2.05, 4.69) is 0 Å². The van der Waals surface area contributed by atoms with Gasteiger partial charge < -0.3 is 0 Å². The van der Waals surface area contributed by atoms with E-state index in [-0.39, 0.29) is 22.0 Å². The summed E-state index contributed by atoms with van der Waals surface area (Å²) in [7, 11) is 0. The molecule has 0 aliphatic heterocycles. The van der Waals surface area contributed by atoms with Crippen LogP contribution < -0.4 is 0 Å². The first-order valence-corrected chi connectivity index (χ1v) is 3.85. The van der Waals surface area contributed by atoms with E-state index in [9.17, 15) is 14.9 Å². The second-order valence-corrected chi connectivity index (χ2v) is 2.89. The van der Waals surface area contributed by atoms with Crippen molar-refractivity contribution < 1.29 is 9.72 Å². The first kappa shape index (κ1) is 9.86. The Morgan fingerprint density at radius 2 is 2.31 bits per heavy atom. The summed E-state index contributed by atoms with van der Waals surface area (Å²) in [5.41, 5.74) is 0.0467. The van der Waals surface area contributed by atoms with Crippen LogP contribution in [0.3, 0.4) is 0 Å². The first-order chi connectivity index (χ1) is 6.02. The molecule has 1 rings (SSSR count). The molecular weight excluding hydrogens is 192 g/mol. The molecule has 1 heterocycles. The number of carbonyl (C=O) groups is 1. The number of nitrogens with zero attached hydrogens (tertiary/aromatic N) is 1.